The van der Waals surface area contributed by atoms with Gasteiger partial charge in [0.1, 0.15) is 5.69 Å². The number of hydrogen-bond donors (Lipinski definition) is 2. The van der Waals surface area contributed by atoms with Gasteiger partial charge in [0, 0.05) is 11.9 Å². The number of carbonyl (C=O) groups is 3. The topological polar surface area (TPSA) is 97.4 Å². The lowest BCUT2D eigenvalue weighted by Crippen LogP contribution is -2.23. The van der Waals surface area contributed by atoms with Gasteiger partial charge in [-0.2, -0.15) is 0 Å². The normalized spacial score (nSPS) is 10.1. The van der Waals surface area contributed by atoms with Crippen LogP contribution in [0, 0.1) is 6.92 Å². The van der Waals surface area contributed by atoms with Crippen molar-refractivity contribution in [3.05, 3.63) is 89.7 Å². The van der Waals surface area contributed by atoms with Crippen molar-refractivity contribution in [3.8, 4) is 0 Å². The molecule has 2 amide bonds. The first kappa shape index (κ1) is 19.8. The highest BCUT2D eigenvalue weighted by atomic mass is 16.5. The Labute approximate surface area is 167 Å². The fourth-order valence-corrected chi connectivity index (χ4v) is 2.59. The molecule has 0 aliphatic carbocycles. The molecule has 0 aliphatic heterocycles. The van der Waals surface area contributed by atoms with E-state index in [9.17, 15) is 14.4 Å². The van der Waals surface area contributed by atoms with E-state index in [1.165, 1.54) is 12.3 Å². The molecule has 2 N–H and O–H groups in total. The van der Waals surface area contributed by atoms with Crippen molar-refractivity contribution in [2.45, 2.75) is 6.92 Å². The molecule has 1 heterocycles. The maximum absolute atomic E-state index is 12.6. The van der Waals surface area contributed by atoms with Crippen molar-refractivity contribution in [3.63, 3.8) is 0 Å². The van der Waals surface area contributed by atoms with Gasteiger partial charge in [-0.3, -0.25) is 9.59 Å². The number of carbonyl (C=O) groups excluding carboxylic acids is 3. The molecular formula is C22H19N3O4. The minimum absolute atomic E-state index is 0.109. The summed E-state index contributed by atoms with van der Waals surface area (Å²) < 4.78 is 4.96. The van der Waals surface area contributed by atoms with Crippen molar-refractivity contribution in [1.29, 1.82) is 0 Å². The summed E-state index contributed by atoms with van der Waals surface area (Å²) in [6, 6.07) is 18.8. The highest BCUT2D eigenvalue weighted by Gasteiger charge is 2.15. The van der Waals surface area contributed by atoms with Gasteiger partial charge in [0.25, 0.3) is 11.8 Å². The number of amides is 2. The minimum atomic E-state index is -0.703. The van der Waals surface area contributed by atoms with Crippen LogP contribution in [0.3, 0.4) is 0 Å². The summed E-state index contributed by atoms with van der Waals surface area (Å²) in [6.45, 7) is 1.43. The molecule has 29 heavy (non-hydrogen) atoms. The van der Waals surface area contributed by atoms with E-state index in [2.05, 4.69) is 15.6 Å². The summed E-state index contributed by atoms with van der Waals surface area (Å²) in [5.74, 6) is -1.63. The number of pyridine rings is 1. The predicted molar refractivity (Wildman–Crippen MR) is 109 cm³/mol. The fourth-order valence-electron chi connectivity index (χ4n) is 2.59. The van der Waals surface area contributed by atoms with Gasteiger partial charge in [-0.05, 0) is 48.9 Å². The second-order valence-corrected chi connectivity index (χ2v) is 6.21. The van der Waals surface area contributed by atoms with Gasteiger partial charge >= 0.3 is 5.97 Å². The van der Waals surface area contributed by atoms with E-state index in [0.717, 1.165) is 5.56 Å². The first-order chi connectivity index (χ1) is 14.0. The fraction of sp³-hybridized carbons (Fsp3) is 0.0909. The van der Waals surface area contributed by atoms with Crippen LogP contribution in [0.2, 0.25) is 0 Å². The van der Waals surface area contributed by atoms with Crippen LogP contribution in [0.4, 0.5) is 11.4 Å². The molecule has 0 spiro atoms. The minimum Gasteiger partial charge on any atom is -0.451 e. The Morgan fingerprint density at radius 3 is 2.48 bits per heavy atom. The highest BCUT2D eigenvalue weighted by Crippen LogP contribution is 2.18. The van der Waals surface area contributed by atoms with E-state index >= 15 is 0 Å². The first-order valence-corrected chi connectivity index (χ1v) is 8.88. The zero-order valence-corrected chi connectivity index (χ0v) is 15.7. The van der Waals surface area contributed by atoms with E-state index in [4.69, 9.17) is 4.74 Å². The van der Waals surface area contributed by atoms with E-state index < -0.39 is 18.5 Å². The number of nitrogens with zero attached hydrogens (tertiary/aromatic N) is 1. The Morgan fingerprint density at radius 2 is 1.72 bits per heavy atom. The zero-order chi connectivity index (χ0) is 20.6. The standard InChI is InChI=1S/C22H19N3O4/c1-15-7-6-8-16(13-15)24-21(27)17-9-2-3-10-18(17)25-20(26)14-29-22(28)19-11-4-5-12-23-19/h2-13H,14H2,1H3,(H,24,27)(H,25,26). The number of aryl methyl sites for hydroxylation is 1. The van der Waals surface area contributed by atoms with Gasteiger partial charge in [0.15, 0.2) is 6.61 Å². The summed E-state index contributed by atoms with van der Waals surface area (Å²) in [6.07, 6.45) is 1.46. The van der Waals surface area contributed by atoms with Crippen molar-refractivity contribution in [1.82, 2.24) is 4.98 Å². The molecule has 0 radical (unpaired) electrons. The number of nitrogens with one attached hydrogen (secondary N) is 2. The summed E-state index contributed by atoms with van der Waals surface area (Å²) in [7, 11) is 0. The van der Waals surface area contributed by atoms with Gasteiger partial charge in [0.05, 0.1) is 11.3 Å². The Balaban J connectivity index is 1.63. The zero-order valence-electron chi connectivity index (χ0n) is 15.7. The average molecular weight is 389 g/mol. The summed E-state index contributed by atoms with van der Waals surface area (Å²) in [4.78, 5) is 40.6. The van der Waals surface area contributed by atoms with Crippen molar-refractivity contribution >= 4 is 29.2 Å². The Bertz CT molecular complexity index is 1030. The van der Waals surface area contributed by atoms with Gasteiger partial charge in [-0.25, -0.2) is 9.78 Å². The third-order valence-electron chi connectivity index (χ3n) is 3.93. The second kappa shape index (κ2) is 9.27. The van der Waals surface area contributed by atoms with E-state index in [1.54, 1.807) is 42.5 Å². The van der Waals surface area contributed by atoms with Gasteiger partial charge in [-0.15, -0.1) is 0 Å². The summed E-state index contributed by atoms with van der Waals surface area (Å²) in [5.41, 5.74) is 2.38. The third kappa shape index (κ3) is 5.49. The summed E-state index contributed by atoms with van der Waals surface area (Å²) >= 11 is 0. The van der Waals surface area contributed by atoms with Crippen LogP contribution < -0.4 is 10.6 Å². The van der Waals surface area contributed by atoms with Crippen LogP contribution in [0.5, 0.6) is 0 Å². The predicted octanol–water partition coefficient (Wildman–Crippen LogP) is 3.44. The largest absolute Gasteiger partial charge is 0.451 e. The third-order valence-corrected chi connectivity index (χ3v) is 3.93. The SMILES string of the molecule is Cc1cccc(NC(=O)c2ccccc2NC(=O)COC(=O)c2ccccn2)c1. The van der Waals surface area contributed by atoms with Crippen molar-refractivity contribution in [2.75, 3.05) is 17.2 Å². The van der Waals surface area contributed by atoms with Crippen LogP contribution in [0.25, 0.3) is 0 Å². The Kier molecular flexibility index (Phi) is 6.32. The molecule has 0 unspecified atom stereocenters. The molecule has 1 aromatic heterocycles. The summed E-state index contributed by atoms with van der Waals surface area (Å²) in [5, 5.41) is 5.40. The number of esters is 1. The molecule has 0 bridgehead atoms. The van der Waals surface area contributed by atoms with E-state index in [1.807, 2.05) is 25.1 Å². The van der Waals surface area contributed by atoms with Crippen LogP contribution in [-0.4, -0.2) is 29.4 Å². The molecule has 0 saturated carbocycles. The number of aromatic nitrogens is 1. The van der Waals surface area contributed by atoms with E-state index in [-0.39, 0.29) is 11.6 Å². The molecule has 0 atom stereocenters. The van der Waals surface area contributed by atoms with Crippen LogP contribution >= 0.6 is 0 Å². The molecule has 3 aromatic rings. The van der Waals surface area contributed by atoms with Gasteiger partial charge in [0.2, 0.25) is 0 Å². The quantitative estimate of drug-likeness (QED) is 0.630. The maximum Gasteiger partial charge on any atom is 0.357 e. The molecule has 7 nitrogen and oxygen atoms in total. The number of para-hydroxylation sites is 1. The first-order valence-electron chi connectivity index (χ1n) is 8.88. The molecule has 0 saturated heterocycles. The van der Waals surface area contributed by atoms with E-state index in [0.29, 0.717) is 16.9 Å². The highest BCUT2D eigenvalue weighted by molar-refractivity contribution is 6.10. The molecule has 7 heteroatoms. The van der Waals surface area contributed by atoms with Gasteiger partial charge < -0.3 is 15.4 Å². The van der Waals surface area contributed by atoms with Gasteiger partial charge in [-0.1, -0.05) is 30.3 Å². The molecule has 0 fully saturated rings. The smallest absolute Gasteiger partial charge is 0.357 e. The lowest BCUT2D eigenvalue weighted by Gasteiger charge is -2.12. The molecule has 0 aliphatic rings. The van der Waals surface area contributed by atoms with Crippen LogP contribution in [0.1, 0.15) is 26.4 Å². The molecule has 2 aromatic carbocycles. The molecule has 3 rings (SSSR count). The van der Waals surface area contributed by atoms with Crippen molar-refractivity contribution < 1.29 is 19.1 Å². The lowest BCUT2D eigenvalue weighted by atomic mass is 10.1. The number of ether oxygens (including phenoxy) is 1. The molecular weight excluding hydrogens is 370 g/mol. The van der Waals surface area contributed by atoms with Crippen molar-refractivity contribution in [2.24, 2.45) is 0 Å². The average Bonchev–Trinajstić information content (AvgIpc) is 2.73. The maximum atomic E-state index is 12.6. The number of rotatable bonds is 6. The Morgan fingerprint density at radius 1 is 0.931 bits per heavy atom. The monoisotopic (exact) mass is 389 g/mol. The lowest BCUT2D eigenvalue weighted by molar-refractivity contribution is -0.119. The van der Waals surface area contributed by atoms with Crippen LogP contribution in [-0.2, 0) is 9.53 Å². The van der Waals surface area contributed by atoms with Crippen LogP contribution in [0.15, 0.2) is 72.9 Å². The Hall–Kier alpha value is -4.00. The number of anilines is 2. The second-order valence-electron chi connectivity index (χ2n) is 6.21. The molecule has 146 valence electrons. The number of hydrogen-bond acceptors (Lipinski definition) is 5. The number of benzene rings is 2.